The van der Waals surface area contributed by atoms with E-state index in [-0.39, 0.29) is 19.9 Å². The summed E-state index contributed by atoms with van der Waals surface area (Å²) < 4.78 is 60.9. The first-order valence-corrected chi connectivity index (χ1v) is 9.93. The van der Waals surface area contributed by atoms with Crippen molar-refractivity contribution in [2.24, 2.45) is 11.8 Å². The van der Waals surface area contributed by atoms with Gasteiger partial charge in [-0.25, -0.2) is 4.79 Å². The predicted molar refractivity (Wildman–Crippen MR) is 110 cm³/mol. The van der Waals surface area contributed by atoms with Gasteiger partial charge >= 0.3 is 12.3 Å². The maximum Gasteiger partial charge on any atom is 0.446 e. The molecule has 0 aromatic heterocycles. The topological polar surface area (TPSA) is 99.1 Å². The lowest BCUT2D eigenvalue weighted by Gasteiger charge is -2.35. The monoisotopic (exact) mass is 480 g/mol. The van der Waals surface area contributed by atoms with Crippen LogP contribution in [0.25, 0.3) is 0 Å². The van der Waals surface area contributed by atoms with Gasteiger partial charge in [0.05, 0.1) is 25.6 Å². The van der Waals surface area contributed by atoms with Gasteiger partial charge < -0.3 is 25.2 Å². The third kappa shape index (κ3) is 14.5. The number of carbonyl (C=O) groups is 2. The van der Waals surface area contributed by atoms with Gasteiger partial charge in [-0.15, -0.1) is 0 Å². The van der Waals surface area contributed by atoms with E-state index in [2.05, 4.69) is 5.32 Å². The maximum atomic E-state index is 12.6. The number of nitrogens with one attached hydrogen (secondary N) is 1. The minimum atomic E-state index is -4.64. The van der Waals surface area contributed by atoms with Crippen LogP contribution in [0.4, 0.5) is 26.7 Å². The number of ether oxygens (including phenoxy) is 1. The third-order valence-electron chi connectivity index (χ3n) is 4.44. The summed E-state index contributed by atoms with van der Waals surface area (Å²) in [5, 5.41) is 21.6. The van der Waals surface area contributed by atoms with E-state index in [0.29, 0.717) is 25.9 Å². The summed E-state index contributed by atoms with van der Waals surface area (Å²) in [6, 6.07) is 0. The minimum absolute atomic E-state index is 0. The Morgan fingerprint density at radius 1 is 1.09 bits per heavy atom. The largest absolute Gasteiger partial charge is 0.446 e. The standard InChI is InChI=1S/C11H20FNO3.C6H12FNO.C2HF3O.CH4/c1-11(2,3)16-10(15)13-5-4-9(14)8(6-12)7-13;7-3-5-4-8-2-1-6(5)9;3-2(4,5)1-6;/h8-9,14H,4-7H2,1-3H3;5-6,8-9H,1-4H2;1H;1H4. The van der Waals surface area contributed by atoms with Crippen LogP contribution in [0.2, 0.25) is 0 Å². The molecule has 0 spiro atoms. The molecular formula is C20H37F5N2O5. The zero-order valence-corrected chi connectivity index (χ0v) is 18.0. The molecule has 0 saturated carbocycles. The molecule has 32 heavy (non-hydrogen) atoms. The Hall–Kier alpha value is -1.53. The van der Waals surface area contributed by atoms with Crippen LogP contribution in [0.5, 0.6) is 0 Å². The molecule has 2 heterocycles. The van der Waals surface area contributed by atoms with Crippen molar-refractivity contribution in [3.63, 3.8) is 0 Å². The molecule has 0 bridgehead atoms. The molecule has 2 aliphatic heterocycles. The number of aliphatic hydroxyl groups is 2. The molecule has 0 aliphatic carbocycles. The summed E-state index contributed by atoms with van der Waals surface area (Å²) in [4.78, 5) is 21.8. The fraction of sp³-hybridized carbons (Fsp3) is 0.900. The molecular weight excluding hydrogens is 443 g/mol. The summed E-state index contributed by atoms with van der Waals surface area (Å²) in [6.45, 7) is 6.44. The van der Waals surface area contributed by atoms with Crippen molar-refractivity contribution >= 4 is 12.4 Å². The van der Waals surface area contributed by atoms with E-state index in [1.54, 1.807) is 20.8 Å². The summed E-state index contributed by atoms with van der Waals surface area (Å²) in [5.41, 5.74) is -0.543. The van der Waals surface area contributed by atoms with Crippen LogP contribution >= 0.6 is 0 Å². The zero-order chi connectivity index (χ0) is 24.2. The van der Waals surface area contributed by atoms with Gasteiger partial charge in [-0.05, 0) is 40.2 Å². The second-order valence-corrected chi connectivity index (χ2v) is 8.33. The van der Waals surface area contributed by atoms with E-state index in [9.17, 15) is 31.9 Å². The Morgan fingerprint density at radius 3 is 1.97 bits per heavy atom. The second-order valence-electron chi connectivity index (χ2n) is 8.33. The van der Waals surface area contributed by atoms with Crippen LogP contribution in [0, 0.1) is 11.8 Å². The van der Waals surface area contributed by atoms with Crippen LogP contribution in [0.3, 0.4) is 0 Å². The highest BCUT2D eigenvalue weighted by atomic mass is 19.4. The number of halogens is 5. The van der Waals surface area contributed by atoms with Crippen LogP contribution in [-0.2, 0) is 9.53 Å². The summed E-state index contributed by atoms with van der Waals surface area (Å²) in [6.07, 6.45) is -6.10. The molecule has 12 heteroatoms. The van der Waals surface area contributed by atoms with Crippen molar-refractivity contribution in [2.75, 3.05) is 39.5 Å². The fourth-order valence-corrected chi connectivity index (χ4v) is 2.73. The number of carbonyl (C=O) groups excluding carboxylic acids is 2. The van der Waals surface area contributed by atoms with Crippen molar-refractivity contribution in [1.29, 1.82) is 0 Å². The molecule has 192 valence electrons. The molecule has 0 radical (unpaired) electrons. The number of amides is 1. The Bertz CT molecular complexity index is 531. The number of rotatable bonds is 2. The van der Waals surface area contributed by atoms with E-state index in [4.69, 9.17) is 14.6 Å². The molecule has 4 unspecified atom stereocenters. The molecule has 0 aromatic rings. The van der Waals surface area contributed by atoms with Crippen LogP contribution in [-0.4, -0.2) is 91.0 Å². The lowest BCUT2D eigenvalue weighted by molar-refractivity contribution is -0.156. The van der Waals surface area contributed by atoms with Crippen molar-refractivity contribution in [1.82, 2.24) is 10.2 Å². The predicted octanol–water partition coefficient (Wildman–Crippen LogP) is 2.88. The van der Waals surface area contributed by atoms with Crippen LogP contribution in [0.15, 0.2) is 0 Å². The number of hydrogen-bond acceptors (Lipinski definition) is 6. The molecule has 1 amide bonds. The highest BCUT2D eigenvalue weighted by Crippen LogP contribution is 2.20. The molecule has 2 rings (SSSR count). The van der Waals surface area contributed by atoms with Crippen molar-refractivity contribution < 1.29 is 46.5 Å². The number of hydrogen-bond donors (Lipinski definition) is 3. The van der Waals surface area contributed by atoms with E-state index in [1.165, 1.54) is 4.90 Å². The SMILES string of the molecule is C.CC(C)(C)OC(=O)N1CCC(O)C(CF)C1.O=CC(F)(F)F.OC1CCNCC1CF. The van der Waals surface area contributed by atoms with E-state index < -0.39 is 55.6 Å². The van der Waals surface area contributed by atoms with E-state index in [1.807, 2.05) is 0 Å². The fourth-order valence-electron chi connectivity index (χ4n) is 2.73. The Balaban J connectivity index is 0. The van der Waals surface area contributed by atoms with Crippen LogP contribution < -0.4 is 5.32 Å². The van der Waals surface area contributed by atoms with Crippen molar-refractivity contribution in [2.45, 2.75) is 65.0 Å². The smallest absolute Gasteiger partial charge is 0.444 e. The lowest BCUT2D eigenvalue weighted by atomic mass is 9.96. The Kier molecular flexibility index (Phi) is 15.6. The molecule has 3 N–H and O–H groups in total. The maximum absolute atomic E-state index is 12.6. The summed E-state index contributed by atoms with van der Waals surface area (Å²) >= 11 is 0. The van der Waals surface area contributed by atoms with E-state index in [0.717, 1.165) is 6.54 Å². The van der Waals surface area contributed by atoms with Gasteiger partial charge in [-0.3, -0.25) is 13.6 Å². The average molecular weight is 481 g/mol. The number of nitrogens with zero attached hydrogens (tertiary/aromatic N) is 1. The number of aliphatic hydroxyl groups excluding tert-OH is 2. The molecule has 2 aliphatic rings. The van der Waals surface area contributed by atoms with Gasteiger partial charge in [0.1, 0.15) is 5.60 Å². The normalized spacial score (nSPS) is 25.8. The quantitative estimate of drug-likeness (QED) is 0.415. The van der Waals surface area contributed by atoms with Gasteiger partial charge in [0.2, 0.25) is 6.29 Å². The first-order valence-electron chi connectivity index (χ1n) is 9.93. The highest BCUT2D eigenvalue weighted by molar-refractivity contribution is 5.68. The highest BCUT2D eigenvalue weighted by Gasteiger charge is 2.32. The number of aldehydes is 1. The molecule has 7 nitrogen and oxygen atoms in total. The third-order valence-corrected chi connectivity index (χ3v) is 4.44. The molecule has 0 aromatic carbocycles. The zero-order valence-electron chi connectivity index (χ0n) is 18.0. The number of likely N-dealkylation sites (tertiary alicyclic amines) is 1. The van der Waals surface area contributed by atoms with E-state index >= 15 is 0 Å². The van der Waals surface area contributed by atoms with Gasteiger partial charge in [0.15, 0.2) is 0 Å². The molecule has 2 fully saturated rings. The minimum Gasteiger partial charge on any atom is -0.444 e. The lowest BCUT2D eigenvalue weighted by Crippen LogP contribution is -2.48. The summed E-state index contributed by atoms with van der Waals surface area (Å²) in [7, 11) is 0. The Labute approximate surface area is 186 Å². The van der Waals surface area contributed by atoms with Gasteiger partial charge in [-0.1, -0.05) is 7.43 Å². The second kappa shape index (κ2) is 15.3. The summed E-state index contributed by atoms with van der Waals surface area (Å²) in [5.74, 6) is -0.653. The number of alkyl halides is 5. The molecule has 2 saturated heterocycles. The first kappa shape index (κ1) is 32.6. The van der Waals surface area contributed by atoms with Crippen LogP contribution in [0.1, 0.15) is 41.0 Å². The van der Waals surface area contributed by atoms with Crippen molar-refractivity contribution in [3.8, 4) is 0 Å². The molecule has 4 atom stereocenters. The number of piperidine rings is 2. The average Bonchev–Trinajstić information content (AvgIpc) is 2.68. The van der Waals surface area contributed by atoms with Crippen molar-refractivity contribution in [3.05, 3.63) is 0 Å². The van der Waals surface area contributed by atoms with Gasteiger partial charge in [-0.2, -0.15) is 13.2 Å². The Morgan fingerprint density at radius 2 is 1.59 bits per heavy atom. The van der Waals surface area contributed by atoms with Gasteiger partial charge in [0, 0.05) is 31.5 Å². The first-order chi connectivity index (χ1) is 14.2. The van der Waals surface area contributed by atoms with Gasteiger partial charge in [0.25, 0.3) is 0 Å².